The van der Waals surface area contributed by atoms with Crippen molar-refractivity contribution < 1.29 is 4.39 Å². The molecule has 0 aliphatic rings. The van der Waals surface area contributed by atoms with Gasteiger partial charge in [0.15, 0.2) is 0 Å². The van der Waals surface area contributed by atoms with Crippen LogP contribution in [0.1, 0.15) is 11.1 Å². The molecule has 0 nitrogen and oxygen atoms in total. The summed E-state index contributed by atoms with van der Waals surface area (Å²) in [5, 5.41) is 1.33. The lowest BCUT2D eigenvalue weighted by Crippen LogP contribution is -2.22. The molecule has 0 N–H and O–H groups in total. The third kappa shape index (κ3) is 4.34. The molecule has 0 unspecified atom stereocenters. The van der Waals surface area contributed by atoms with Crippen molar-refractivity contribution in [3.05, 3.63) is 95.8 Å². The molecule has 0 bridgehead atoms. The molecule has 3 aromatic rings. The van der Waals surface area contributed by atoms with Gasteiger partial charge >= 0.3 is 0 Å². The van der Waals surface area contributed by atoms with E-state index in [0.29, 0.717) is 0 Å². The normalized spacial score (nSPS) is 12.2. The quantitative estimate of drug-likeness (QED) is 0.355. The molecule has 0 atom stereocenters. The van der Waals surface area contributed by atoms with Crippen LogP contribution in [0.15, 0.2) is 78.9 Å². The second kappa shape index (κ2) is 7.20. The Bertz CT molecular complexity index is 855. The maximum absolute atomic E-state index is 13.3. The number of benzene rings is 3. The monoisotopic (exact) mass is 346 g/mol. The van der Waals surface area contributed by atoms with Crippen LogP contribution in [0.4, 0.5) is 4.39 Å². The average molecular weight is 347 g/mol. The summed E-state index contributed by atoms with van der Waals surface area (Å²) in [6.45, 7) is 6.96. The summed E-state index contributed by atoms with van der Waals surface area (Å²) >= 11 is 0. The molecular weight excluding hydrogens is 323 g/mol. The van der Waals surface area contributed by atoms with Gasteiger partial charge in [0, 0.05) is 0 Å². The van der Waals surface area contributed by atoms with E-state index >= 15 is 0 Å². The Morgan fingerprint density at radius 3 is 1.84 bits per heavy atom. The topological polar surface area (TPSA) is 0 Å². The minimum absolute atomic E-state index is 0.189. The lowest BCUT2D eigenvalue weighted by Gasteiger charge is -2.22. The second-order valence-electron chi connectivity index (χ2n) is 7.30. The Balaban J connectivity index is 1.96. The van der Waals surface area contributed by atoms with Gasteiger partial charge in [-0.15, -0.1) is 0 Å². The van der Waals surface area contributed by atoms with Crippen molar-refractivity contribution in [1.82, 2.24) is 0 Å². The highest BCUT2D eigenvalue weighted by molar-refractivity contribution is 6.94. The van der Waals surface area contributed by atoms with Crippen LogP contribution in [0.2, 0.25) is 19.6 Å². The Morgan fingerprint density at radius 2 is 1.28 bits per heavy atom. The summed E-state index contributed by atoms with van der Waals surface area (Å²) in [5.74, 6) is -0.189. The predicted molar refractivity (Wildman–Crippen MR) is 109 cm³/mol. The summed E-state index contributed by atoms with van der Waals surface area (Å²) in [4.78, 5) is 0. The molecule has 2 heteroatoms. The summed E-state index contributed by atoms with van der Waals surface area (Å²) < 4.78 is 13.3. The van der Waals surface area contributed by atoms with Gasteiger partial charge in [0.25, 0.3) is 0 Å². The lowest BCUT2D eigenvalue weighted by atomic mass is 10.0. The van der Waals surface area contributed by atoms with Crippen molar-refractivity contribution in [2.24, 2.45) is 0 Å². The molecule has 0 heterocycles. The van der Waals surface area contributed by atoms with Crippen molar-refractivity contribution in [3.8, 4) is 11.1 Å². The minimum atomic E-state index is -1.57. The zero-order chi connectivity index (χ0) is 17.9. The summed E-state index contributed by atoms with van der Waals surface area (Å²) in [5.41, 5.74) is 4.74. The highest BCUT2D eigenvalue weighted by atomic mass is 28.3. The van der Waals surface area contributed by atoms with Crippen LogP contribution in [-0.4, -0.2) is 8.07 Å². The molecule has 25 heavy (non-hydrogen) atoms. The lowest BCUT2D eigenvalue weighted by molar-refractivity contribution is 0.627. The Hall–Kier alpha value is -2.45. The van der Waals surface area contributed by atoms with E-state index in [2.05, 4.69) is 74.2 Å². The van der Waals surface area contributed by atoms with E-state index in [1.165, 1.54) is 21.9 Å². The molecule has 0 spiro atoms. The number of hydrogen-bond acceptors (Lipinski definition) is 0. The van der Waals surface area contributed by atoms with Crippen LogP contribution in [-0.2, 0) is 0 Å². The fourth-order valence-electron chi connectivity index (χ4n) is 2.93. The van der Waals surface area contributed by atoms with Gasteiger partial charge in [-0.2, -0.15) is 0 Å². The summed E-state index contributed by atoms with van der Waals surface area (Å²) in [6, 6.07) is 25.9. The average Bonchev–Trinajstić information content (AvgIpc) is 2.61. The molecule has 126 valence electrons. The van der Waals surface area contributed by atoms with Gasteiger partial charge in [0.05, 0.1) is 8.07 Å². The van der Waals surface area contributed by atoms with Crippen molar-refractivity contribution >= 4 is 19.3 Å². The fraction of sp³-hybridized carbons (Fsp3) is 0.130. The smallest absolute Gasteiger partial charge is 0.123 e. The third-order valence-electron chi connectivity index (χ3n) is 4.29. The van der Waals surface area contributed by atoms with Crippen LogP contribution in [0.3, 0.4) is 0 Å². The van der Waals surface area contributed by atoms with E-state index in [0.717, 1.165) is 5.56 Å². The number of rotatable bonds is 4. The maximum Gasteiger partial charge on any atom is 0.123 e. The molecule has 0 amide bonds. The first-order valence-corrected chi connectivity index (χ1v) is 12.1. The van der Waals surface area contributed by atoms with Gasteiger partial charge in [0.1, 0.15) is 5.82 Å². The molecule has 0 saturated carbocycles. The second-order valence-corrected chi connectivity index (χ2v) is 12.3. The minimum Gasteiger partial charge on any atom is -0.207 e. The molecule has 3 rings (SSSR count). The van der Waals surface area contributed by atoms with E-state index in [4.69, 9.17) is 0 Å². The van der Waals surface area contributed by atoms with Crippen LogP contribution in [0.25, 0.3) is 22.4 Å². The van der Waals surface area contributed by atoms with Crippen molar-refractivity contribution in [2.45, 2.75) is 19.6 Å². The molecule has 0 aliphatic heterocycles. The molecular formula is C23H23FSi. The van der Waals surface area contributed by atoms with E-state index in [1.54, 1.807) is 12.1 Å². The first kappa shape index (κ1) is 17.4. The van der Waals surface area contributed by atoms with Gasteiger partial charge in [-0.05, 0) is 34.4 Å². The van der Waals surface area contributed by atoms with Crippen LogP contribution in [0, 0.1) is 5.82 Å². The predicted octanol–water partition coefficient (Wildman–Crippen LogP) is 6.91. The van der Waals surface area contributed by atoms with Crippen molar-refractivity contribution in [2.75, 3.05) is 0 Å². The van der Waals surface area contributed by atoms with Crippen LogP contribution >= 0.6 is 0 Å². The van der Waals surface area contributed by atoms with Crippen LogP contribution in [0.5, 0.6) is 0 Å². The van der Waals surface area contributed by atoms with Gasteiger partial charge in [-0.1, -0.05) is 97.6 Å². The molecule has 0 radical (unpaired) electrons. The van der Waals surface area contributed by atoms with Gasteiger partial charge in [-0.25, -0.2) is 4.39 Å². The maximum atomic E-state index is 13.3. The van der Waals surface area contributed by atoms with E-state index in [9.17, 15) is 4.39 Å². The van der Waals surface area contributed by atoms with Gasteiger partial charge in [-0.3, -0.25) is 0 Å². The standard InChI is InChI=1S/C23H23FSi/c1-25(2,3)23(21-13-15-22(24)16-14-21)17-18-9-11-20(12-10-18)19-7-5-4-6-8-19/h4-17H,1-3H3/b23-17-. The van der Waals surface area contributed by atoms with E-state index in [1.807, 2.05) is 18.2 Å². The third-order valence-corrected chi connectivity index (χ3v) is 6.34. The van der Waals surface area contributed by atoms with E-state index in [-0.39, 0.29) is 5.82 Å². The zero-order valence-corrected chi connectivity index (χ0v) is 16.0. The van der Waals surface area contributed by atoms with Crippen molar-refractivity contribution in [3.63, 3.8) is 0 Å². The number of hydrogen-bond donors (Lipinski definition) is 0. The largest absolute Gasteiger partial charge is 0.207 e. The fourth-order valence-corrected chi connectivity index (χ4v) is 4.56. The highest BCUT2D eigenvalue weighted by Crippen LogP contribution is 2.29. The van der Waals surface area contributed by atoms with Crippen molar-refractivity contribution in [1.29, 1.82) is 0 Å². The SMILES string of the molecule is C[Si](C)(C)/C(=C\c1ccc(-c2ccccc2)cc1)c1ccc(F)cc1. The summed E-state index contributed by atoms with van der Waals surface area (Å²) in [6.07, 6.45) is 2.26. The Morgan fingerprint density at radius 1 is 0.720 bits per heavy atom. The first-order chi connectivity index (χ1) is 11.9. The Labute approximate surface area is 150 Å². The van der Waals surface area contributed by atoms with Gasteiger partial charge < -0.3 is 0 Å². The zero-order valence-electron chi connectivity index (χ0n) is 15.0. The molecule has 0 fully saturated rings. The Kier molecular flexibility index (Phi) is 5.00. The van der Waals surface area contributed by atoms with Gasteiger partial charge in [0.2, 0.25) is 0 Å². The van der Waals surface area contributed by atoms with E-state index < -0.39 is 8.07 Å². The molecule has 3 aromatic carbocycles. The van der Waals surface area contributed by atoms with Crippen LogP contribution < -0.4 is 0 Å². The molecule has 0 saturated heterocycles. The summed E-state index contributed by atoms with van der Waals surface area (Å²) in [7, 11) is -1.57. The molecule has 0 aromatic heterocycles. The highest BCUT2D eigenvalue weighted by Gasteiger charge is 2.21. The first-order valence-electron chi connectivity index (χ1n) is 8.57. The number of halogens is 1. The molecule has 0 aliphatic carbocycles.